The number of likely N-dealkylation sites (N-methyl/N-ethyl adjacent to an activating group) is 1. The van der Waals surface area contributed by atoms with Crippen molar-refractivity contribution < 1.29 is 28.7 Å². The number of nitrogens with zero attached hydrogens (tertiary/aromatic N) is 1. The number of ether oxygens (including phenoxy) is 2. The standard InChI is InChI=1S/C24H37N3O6S/c1-7-16-9-11-17(12-10-16)20(21(29)25-14-13-19(28)32-8-2)27(6)22(30)18(15-34)26-23(31)33-24(3,4)5/h9-12,18,20,34H,7-8,13-15H2,1-6H3,(H,25,29)(H,26,31). The van der Waals surface area contributed by atoms with Crippen LogP contribution in [0.15, 0.2) is 24.3 Å². The number of hydrogen-bond donors (Lipinski definition) is 3. The molecule has 0 heterocycles. The van der Waals surface area contributed by atoms with E-state index in [9.17, 15) is 19.2 Å². The van der Waals surface area contributed by atoms with Gasteiger partial charge in [0, 0.05) is 19.3 Å². The second-order valence-corrected chi connectivity index (χ2v) is 9.04. The van der Waals surface area contributed by atoms with Gasteiger partial charge in [0.2, 0.25) is 11.8 Å². The number of alkyl carbamates (subject to hydrolysis) is 1. The molecular formula is C24H37N3O6S. The van der Waals surface area contributed by atoms with Crippen LogP contribution in [-0.2, 0) is 30.3 Å². The van der Waals surface area contributed by atoms with Crippen LogP contribution in [0.25, 0.3) is 0 Å². The molecule has 0 aromatic heterocycles. The number of rotatable bonds is 11. The third-order valence-electron chi connectivity index (χ3n) is 4.79. The van der Waals surface area contributed by atoms with E-state index >= 15 is 0 Å². The second-order valence-electron chi connectivity index (χ2n) is 8.67. The monoisotopic (exact) mass is 495 g/mol. The Balaban J connectivity index is 3.08. The normalized spacial score (nSPS) is 12.8. The van der Waals surface area contributed by atoms with Gasteiger partial charge in [-0.25, -0.2) is 4.79 Å². The fraction of sp³-hybridized carbons (Fsp3) is 0.583. The highest BCUT2D eigenvalue weighted by Gasteiger charge is 2.33. The van der Waals surface area contributed by atoms with E-state index in [-0.39, 0.29) is 25.3 Å². The Bertz CT molecular complexity index is 838. The van der Waals surface area contributed by atoms with Crippen LogP contribution in [0.4, 0.5) is 4.79 Å². The predicted octanol–water partition coefficient (Wildman–Crippen LogP) is 2.64. The Hall–Kier alpha value is -2.75. The number of nitrogens with one attached hydrogen (secondary N) is 2. The summed E-state index contributed by atoms with van der Waals surface area (Å²) in [6.45, 7) is 9.19. The zero-order valence-corrected chi connectivity index (χ0v) is 21.7. The molecule has 190 valence electrons. The molecule has 0 bridgehead atoms. The van der Waals surface area contributed by atoms with Crippen LogP contribution in [0.3, 0.4) is 0 Å². The molecule has 0 spiro atoms. The first-order chi connectivity index (χ1) is 15.9. The minimum Gasteiger partial charge on any atom is -0.466 e. The Morgan fingerprint density at radius 3 is 2.21 bits per heavy atom. The van der Waals surface area contributed by atoms with Gasteiger partial charge in [-0.3, -0.25) is 14.4 Å². The van der Waals surface area contributed by atoms with Crippen molar-refractivity contribution in [2.24, 2.45) is 0 Å². The van der Waals surface area contributed by atoms with Crippen LogP contribution in [0.5, 0.6) is 0 Å². The summed E-state index contributed by atoms with van der Waals surface area (Å²) < 4.78 is 10.1. The maximum absolute atomic E-state index is 13.2. The van der Waals surface area contributed by atoms with Crippen LogP contribution in [0.2, 0.25) is 0 Å². The molecule has 2 unspecified atom stereocenters. The van der Waals surface area contributed by atoms with Gasteiger partial charge in [-0.05, 0) is 45.2 Å². The largest absolute Gasteiger partial charge is 0.466 e. The minimum atomic E-state index is -1.01. The third-order valence-corrected chi connectivity index (χ3v) is 5.16. The van der Waals surface area contributed by atoms with Crippen LogP contribution >= 0.6 is 12.6 Å². The van der Waals surface area contributed by atoms with Crippen molar-refractivity contribution in [3.8, 4) is 0 Å². The SMILES string of the molecule is CCOC(=O)CCNC(=O)C(c1ccc(CC)cc1)N(C)C(=O)C(CS)NC(=O)OC(C)(C)C. The number of hydrogen-bond acceptors (Lipinski definition) is 7. The summed E-state index contributed by atoms with van der Waals surface area (Å²) in [7, 11) is 1.48. The average molecular weight is 496 g/mol. The molecule has 1 aromatic rings. The molecule has 10 heteroatoms. The number of amides is 3. The van der Waals surface area contributed by atoms with Gasteiger partial charge in [-0.15, -0.1) is 0 Å². The maximum Gasteiger partial charge on any atom is 0.408 e. The second kappa shape index (κ2) is 13.8. The van der Waals surface area contributed by atoms with Crippen molar-refractivity contribution >= 4 is 36.5 Å². The van der Waals surface area contributed by atoms with Gasteiger partial charge in [-0.1, -0.05) is 31.2 Å². The zero-order chi connectivity index (χ0) is 25.9. The molecule has 0 aliphatic heterocycles. The fourth-order valence-electron chi connectivity index (χ4n) is 3.11. The predicted molar refractivity (Wildman–Crippen MR) is 133 cm³/mol. The lowest BCUT2D eigenvalue weighted by Crippen LogP contribution is -2.52. The fourth-order valence-corrected chi connectivity index (χ4v) is 3.36. The molecule has 3 amide bonds. The highest BCUT2D eigenvalue weighted by molar-refractivity contribution is 7.80. The van der Waals surface area contributed by atoms with Crippen molar-refractivity contribution in [2.75, 3.05) is 26.0 Å². The summed E-state index contributed by atoms with van der Waals surface area (Å²) in [6, 6.07) is 5.37. The first-order valence-corrected chi connectivity index (χ1v) is 12.0. The number of aryl methyl sites for hydroxylation is 1. The maximum atomic E-state index is 13.2. The smallest absolute Gasteiger partial charge is 0.408 e. The van der Waals surface area contributed by atoms with E-state index in [2.05, 4.69) is 23.3 Å². The first kappa shape index (κ1) is 29.3. The Morgan fingerprint density at radius 1 is 1.09 bits per heavy atom. The van der Waals surface area contributed by atoms with Crippen molar-refractivity contribution in [1.29, 1.82) is 0 Å². The summed E-state index contributed by atoms with van der Waals surface area (Å²) >= 11 is 4.20. The van der Waals surface area contributed by atoms with Gasteiger partial charge in [0.25, 0.3) is 0 Å². The molecular weight excluding hydrogens is 458 g/mol. The van der Waals surface area contributed by atoms with E-state index in [1.54, 1.807) is 39.8 Å². The number of benzene rings is 1. The van der Waals surface area contributed by atoms with Gasteiger partial charge >= 0.3 is 12.1 Å². The third kappa shape index (κ3) is 9.62. The summed E-state index contributed by atoms with van der Waals surface area (Å²) in [6.07, 6.45) is 0.0848. The van der Waals surface area contributed by atoms with Gasteiger partial charge in [0.1, 0.15) is 17.7 Å². The number of thiol groups is 1. The lowest BCUT2D eigenvalue weighted by Gasteiger charge is -2.31. The quantitative estimate of drug-likeness (QED) is 0.321. The topological polar surface area (TPSA) is 114 Å². The number of carbonyl (C=O) groups excluding carboxylic acids is 4. The minimum absolute atomic E-state index is 0.00832. The lowest BCUT2D eigenvalue weighted by molar-refractivity contribution is -0.143. The van der Waals surface area contributed by atoms with Crippen molar-refractivity contribution in [2.45, 2.75) is 65.1 Å². The van der Waals surface area contributed by atoms with Crippen molar-refractivity contribution in [3.05, 3.63) is 35.4 Å². The molecule has 9 nitrogen and oxygen atoms in total. The van der Waals surface area contributed by atoms with E-state index < -0.39 is 41.6 Å². The molecule has 0 saturated heterocycles. The molecule has 2 N–H and O–H groups in total. The van der Waals surface area contributed by atoms with Gasteiger partial charge in [-0.2, -0.15) is 12.6 Å². The molecule has 0 aliphatic rings. The summed E-state index contributed by atoms with van der Waals surface area (Å²) in [5.74, 6) is -1.38. The first-order valence-electron chi connectivity index (χ1n) is 11.3. The molecule has 0 fully saturated rings. The van der Waals surface area contributed by atoms with Crippen LogP contribution < -0.4 is 10.6 Å². The summed E-state index contributed by atoms with van der Waals surface area (Å²) in [4.78, 5) is 51.4. The summed E-state index contributed by atoms with van der Waals surface area (Å²) in [5, 5.41) is 5.22. The zero-order valence-electron chi connectivity index (χ0n) is 20.8. The van der Waals surface area contributed by atoms with Gasteiger partial charge in [0.05, 0.1) is 13.0 Å². The lowest BCUT2D eigenvalue weighted by atomic mass is 10.0. The average Bonchev–Trinajstić information content (AvgIpc) is 2.76. The van der Waals surface area contributed by atoms with Gasteiger partial charge in [0.15, 0.2) is 0 Å². The van der Waals surface area contributed by atoms with Crippen molar-refractivity contribution in [1.82, 2.24) is 15.5 Å². The Labute approximate surface area is 207 Å². The molecule has 0 aliphatic carbocycles. The number of esters is 1. The van der Waals surface area contributed by atoms with Crippen molar-refractivity contribution in [3.63, 3.8) is 0 Å². The highest BCUT2D eigenvalue weighted by Crippen LogP contribution is 2.22. The van der Waals surface area contributed by atoms with Crippen LogP contribution in [-0.4, -0.2) is 66.4 Å². The van der Waals surface area contributed by atoms with E-state index in [1.165, 1.54) is 11.9 Å². The molecule has 2 atom stereocenters. The Kier molecular flexibility index (Phi) is 11.9. The van der Waals surface area contributed by atoms with E-state index in [0.717, 1.165) is 12.0 Å². The molecule has 1 rings (SSSR count). The molecule has 0 saturated carbocycles. The Morgan fingerprint density at radius 2 is 1.71 bits per heavy atom. The summed E-state index contributed by atoms with van der Waals surface area (Å²) in [5.41, 5.74) is 0.943. The molecule has 1 aromatic carbocycles. The van der Waals surface area contributed by atoms with Crippen LogP contribution in [0, 0.1) is 0 Å². The van der Waals surface area contributed by atoms with Gasteiger partial charge < -0.3 is 25.0 Å². The van der Waals surface area contributed by atoms with E-state index in [1.807, 2.05) is 19.1 Å². The van der Waals surface area contributed by atoms with E-state index in [4.69, 9.17) is 9.47 Å². The molecule has 34 heavy (non-hydrogen) atoms. The van der Waals surface area contributed by atoms with Crippen LogP contribution in [0.1, 0.15) is 58.2 Å². The highest BCUT2D eigenvalue weighted by atomic mass is 32.1. The van der Waals surface area contributed by atoms with E-state index in [0.29, 0.717) is 5.56 Å². The molecule has 0 radical (unpaired) electrons. The number of carbonyl (C=O) groups is 4.